The molecule has 0 saturated carbocycles. The molecule has 7 nitrogen and oxygen atoms in total. The van der Waals surface area contributed by atoms with Crippen molar-refractivity contribution in [2.24, 2.45) is 0 Å². The third kappa shape index (κ3) is 28.0. The summed E-state index contributed by atoms with van der Waals surface area (Å²) in [5.74, 6) is -0.499. The molecular weight excluding hydrogens is 696 g/mol. The number of aryl methyl sites for hydroxylation is 1. The van der Waals surface area contributed by atoms with Crippen molar-refractivity contribution in [3.8, 4) is 17.2 Å². The van der Waals surface area contributed by atoms with E-state index in [2.05, 4.69) is 34.5 Å². The lowest BCUT2D eigenvalue weighted by atomic mass is 10.1. The molecule has 0 radical (unpaired) electrons. The molecule has 0 unspecified atom stereocenters. The Balaban J connectivity index is 0. The number of hydrogen-bond donors (Lipinski definition) is 2. The second-order valence-electron chi connectivity index (χ2n) is 12.7. The number of unbranched alkanes of at least 4 members (excludes halogenated alkanes) is 18. The maximum Gasteiger partial charge on any atom is 0.338 e. The second kappa shape index (κ2) is 34.7. The highest BCUT2D eigenvalue weighted by Crippen LogP contribution is 2.21. The second-order valence-corrected chi connectivity index (χ2v) is 13.5. The van der Waals surface area contributed by atoms with Crippen LogP contribution >= 0.6 is 15.9 Å². The fourth-order valence-corrected chi connectivity index (χ4v) is 5.66. The lowest BCUT2D eigenvalue weighted by Gasteiger charge is -2.09. The number of aromatic hydroxyl groups is 2. The SMILES string of the molecule is C.CCCCCCCCCCCCBr.CCCCCCCCCCCCOc1cc(C)cc(C(=O)OC)c1.COC(=O)c1cc(O)cc(O)c1. The third-order valence-corrected chi connectivity index (χ3v) is 8.61. The van der Waals surface area contributed by atoms with Gasteiger partial charge >= 0.3 is 11.9 Å². The Morgan fingerprint density at radius 2 is 0.940 bits per heavy atom. The molecule has 50 heavy (non-hydrogen) atoms. The molecule has 8 heteroatoms. The molecule has 2 aromatic rings. The topological polar surface area (TPSA) is 102 Å². The monoisotopic (exact) mass is 766 g/mol. The number of carbonyl (C=O) groups excluding carboxylic acids is 2. The van der Waals surface area contributed by atoms with Gasteiger partial charge in [0.15, 0.2) is 0 Å². The zero-order chi connectivity index (χ0) is 36.5. The quantitative estimate of drug-likeness (QED) is 0.0623. The molecule has 0 spiro atoms. The maximum atomic E-state index is 11.6. The first-order valence-electron chi connectivity index (χ1n) is 18.7. The van der Waals surface area contributed by atoms with Gasteiger partial charge < -0.3 is 24.4 Å². The van der Waals surface area contributed by atoms with Gasteiger partial charge in [-0.2, -0.15) is 0 Å². The fraction of sp³-hybridized carbons (Fsp3) is 0.667. The van der Waals surface area contributed by atoms with Crippen molar-refractivity contribution in [1.82, 2.24) is 0 Å². The van der Waals surface area contributed by atoms with Gasteiger partial charge in [0, 0.05) is 11.4 Å². The summed E-state index contributed by atoms with van der Waals surface area (Å²) in [6, 6.07) is 9.10. The van der Waals surface area contributed by atoms with E-state index in [1.807, 2.05) is 19.1 Å². The predicted molar refractivity (Wildman–Crippen MR) is 213 cm³/mol. The van der Waals surface area contributed by atoms with E-state index in [1.54, 1.807) is 6.07 Å². The van der Waals surface area contributed by atoms with Crippen molar-refractivity contribution in [2.45, 2.75) is 157 Å². The van der Waals surface area contributed by atoms with Crippen LogP contribution in [0.25, 0.3) is 0 Å². The van der Waals surface area contributed by atoms with E-state index in [9.17, 15) is 9.59 Å². The number of benzene rings is 2. The summed E-state index contributed by atoms with van der Waals surface area (Å²) >= 11 is 3.46. The van der Waals surface area contributed by atoms with Gasteiger partial charge in [0.2, 0.25) is 0 Å². The molecule has 0 fully saturated rings. The number of carbonyl (C=O) groups is 2. The smallest absolute Gasteiger partial charge is 0.338 e. The Bertz CT molecular complexity index is 1080. The van der Waals surface area contributed by atoms with Crippen molar-refractivity contribution in [1.29, 1.82) is 0 Å². The van der Waals surface area contributed by atoms with Crippen LogP contribution < -0.4 is 4.74 Å². The van der Waals surface area contributed by atoms with Crippen molar-refractivity contribution < 1.29 is 34.0 Å². The molecule has 2 rings (SSSR count). The molecule has 0 aliphatic heterocycles. The van der Waals surface area contributed by atoms with Crippen LogP contribution in [0.2, 0.25) is 0 Å². The normalized spacial score (nSPS) is 10.1. The van der Waals surface area contributed by atoms with Crippen LogP contribution in [0.1, 0.15) is 176 Å². The zero-order valence-electron chi connectivity index (χ0n) is 31.3. The summed E-state index contributed by atoms with van der Waals surface area (Å²) in [6.45, 7) is 7.20. The van der Waals surface area contributed by atoms with Gasteiger partial charge in [0.05, 0.1) is 32.0 Å². The number of esters is 2. The van der Waals surface area contributed by atoms with Crippen LogP contribution in [0.4, 0.5) is 0 Å². The van der Waals surface area contributed by atoms with Crippen molar-refractivity contribution in [3.63, 3.8) is 0 Å². The van der Waals surface area contributed by atoms with E-state index in [0.29, 0.717) is 12.2 Å². The van der Waals surface area contributed by atoms with Crippen LogP contribution in [0, 0.1) is 6.92 Å². The summed E-state index contributed by atoms with van der Waals surface area (Å²) in [4.78, 5) is 22.5. The molecule has 0 aromatic heterocycles. The molecule has 0 heterocycles. The first-order chi connectivity index (χ1) is 23.7. The highest BCUT2D eigenvalue weighted by Gasteiger charge is 2.09. The number of rotatable bonds is 24. The number of methoxy groups -OCH3 is 2. The lowest BCUT2D eigenvalue weighted by Crippen LogP contribution is -2.03. The number of phenolic OH excluding ortho intramolecular Hbond substituents is 2. The van der Waals surface area contributed by atoms with E-state index in [4.69, 9.17) is 19.7 Å². The fourth-order valence-electron chi connectivity index (χ4n) is 5.26. The van der Waals surface area contributed by atoms with Gasteiger partial charge in [-0.05, 0) is 55.7 Å². The van der Waals surface area contributed by atoms with E-state index in [0.717, 1.165) is 23.8 Å². The lowest BCUT2D eigenvalue weighted by molar-refractivity contribution is 0.0591. The Labute approximate surface area is 314 Å². The molecule has 0 aliphatic carbocycles. The van der Waals surface area contributed by atoms with Crippen LogP contribution in [0.3, 0.4) is 0 Å². The molecule has 2 aromatic carbocycles. The zero-order valence-corrected chi connectivity index (χ0v) is 32.9. The van der Waals surface area contributed by atoms with Gasteiger partial charge in [-0.3, -0.25) is 0 Å². The number of ether oxygens (including phenoxy) is 3. The minimum Gasteiger partial charge on any atom is -0.508 e. The van der Waals surface area contributed by atoms with E-state index in [-0.39, 0.29) is 30.5 Å². The molecule has 0 atom stereocenters. The van der Waals surface area contributed by atoms with Crippen molar-refractivity contribution >= 4 is 27.9 Å². The maximum absolute atomic E-state index is 11.6. The Morgan fingerprint density at radius 1 is 0.560 bits per heavy atom. The van der Waals surface area contributed by atoms with Crippen LogP contribution in [-0.2, 0) is 9.47 Å². The van der Waals surface area contributed by atoms with Crippen LogP contribution in [-0.4, -0.2) is 48.3 Å². The van der Waals surface area contributed by atoms with Crippen molar-refractivity contribution in [2.75, 3.05) is 26.2 Å². The first kappa shape index (κ1) is 49.4. The van der Waals surface area contributed by atoms with E-state index in [1.165, 1.54) is 154 Å². The molecule has 0 bridgehead atoms. The third-order valence-electron chi connectivity index (χ3n) is 8.05. The Morgan fingerprint density at radius 3 is 1.34 bits per heavy atom. The molecular formula is C42H71BrO7. The minimum absolute atomic E-state index is 0. The number of alkyl halides is 1. The Hall–Kier alpha value is -2.74. The largest absolute Gasteiger partial charge is 0.508 e. The first-order valence-corrected chi connectivity index (χ1v) is 19.8. The molecule has 0 saturated heterocycles. The van der Waals surface area contributed by atoms with Crippen LogP contribution in [0.5, 0.6) is 17.2 Å². The van der Waals surface area contributed by atoms with Gasteiger partial charge in [-0.1, -0.05) is 153 Å². The Kier molecular flexibility index (Phi) is 34.3. The molecule has 2 N–H and O–H groups in total. The highest BCUT2D eigenvalue weighted by molar-refractivity contribution is 9.09. The average Bonchev–Trinajstić information content (AvgIpc) is 3.09. The van der Waals surface area contributed by atoms with Gasteiger partial charge in [0.25, 0.3) is 0 Å². The number of phenols is 2. The van der Waals surface area contributed by atoms with Crippen molar-refractivity contribution in [3.05, 3.63) is 53.1 Å². The van der Waals surface area contributed by atoms with E-state index < -0.39 is 5.97 Å². The summed E-state index contributed by atoms with van der Waals surface area (Å²) in [5.41, 5.74) is 1.68. The van der Waals surface area contributed by atoms with Crippen LogP contribution in [0.15, 0.2) is 36.4 Å². The average molecular weight is 768 g/mol. The van der Waals surface area contributed by atoms with Gasteiger partial charge in [-0.25, -0.2) is 9.59 Å². The standard InChI is InChI=1S/C21H34O3.C12H25Br.C8H8O4.CH4/c1-4-5-6-7-8-9-10-11-12-13-14-24-20-16-18(2)15-19(17-20)21(22)23-3;1-2-3-4-5-6-7-8-9-10-11-12-13;1-12-8(11)5-2-6(9)4-7(10)3-5;/h15-17H,4-14H2,1-3H3;2-12H2,1H3;2-4,9-10H,1H3;1H4. The summed E-state index contributed by atoms with van der Waals surface area (Å²) in [6.07, 6.45) is 27.5. The van der Waals surface area contributed by atoms with Gasteiger partial charge in [0.1, 0.15) is 17.2 Å². The highest BCUT2D eigenvalue weighted by atomic mass is 79.9. The summed E-state index contributed by atoms with van der Waals surface area (Å²) < 4.78 is 14.9. The summed E-state index contributed by atoms with van der Waals surface area (Å²) in [7, 11) is 2.62. The molecule has 288 valence electrons. The minimum atomic E-state index is -0.596. The van der Waals surface area contributed by atoms with Gasteiger partial charge in [-0.15, -0.1) is 0 Å². The number of halogens is 1. The number of hydrogen-bond acceptors (Lipinski definition) is 7. The predicted octanol–water partition coefficient (Wildman–Crippen LogP) is 12.9. The molecule has 0 amide bonds. The van der Waals surface area contributed by atoms with E-state index >= 15 is 0 Å². The summed E-state index contributed by atoms with van der Waals surface area (Å²) in [5, 5.41) is 19.1. The molecule has 0 aliphatic rings.